The normalized spacial score (nSPS) is 18.1. The van der Waals surface area contributed by atoms with E-state index in [4.69, 9.17) is 5.73 Å². The number of aryl methyl sites for hydroxylation is 1. The highest BCUT2D eigenvalue weighted by molar-refractivity contribution is 5.95. The fourth-order valence-corrected chi connectivity index (χ4v) is 1.94. The molecule has 1 aromatic carbocycles. The first kappa shape index (κ1) is 11.1. The molecule has 0 aliphatic carbocycles. The molecule has 1 amide bonds. The summed E-state index contributed by atoms with van der Waals surface area (Å²) in [5, 5.41) is 0. The predicted molar refractivity (Wildman–Crippen MR) is 59.6 cm³/mol. The molecule has 0 saturated carbocycles. The molecule has 2 rings (SSSR count). The van der Waals surface area contributed by atoms with Gasteiger partial charge in [0.1, 0.15) is 5.82 Å². The average Bonchev–Trinajstić information content (AvgIpc) is 2.17. The fourth-order valence-electron chi connectivity index (χ4n) is 1.94. The lowest BCUT2D eigenvalue weighted by Gasteiger charge is -2.45. The highest BCUT2D eigenvalue weighted by Crippen LogP contribution is 2.21. The van der Waals surface area contributed by atoms with Crippen molar-refractivity contribution in [2.75, 3.05) is 13.1 Å². The van der Waals surface area contributed by atoms with E-state index in [9.17, 15) is 9.18 Å². The Morgan fingerprint density at radius 2 is 2.12 bits per heavy atom. The fraction of sp³-hybridized carbons (Fsp3) is 0.417. The summed E-state index contributed by atoms with van der Waals surface area (Å²) >= 11 is 0. The first-order valence-electron chi connectivity index (χ1n) is 5.23. The standard InChI is InChI=1S/C12H15FN2O/c1-8-3-4-10(13)9(5-8)11(16)15-6-12(2,14)7-15/h3-5H,6-7,14H2,1-2H3. The van der Waals surface area contributed by atoms with Gasteiger partial charge in [-0.25, -0.2) is 4.39 Å². The zero-order chi connectivity index (χ0) is 11.9. The topological polar surface area (TPSA) is 46.3 Å². The monoisotopic (exact) mass is 222 g/mol. The Kier molecular flexibility index (Phi) is 2.46. The number of carbonyl (C=O) groups is 1. The Balaban J connectivity index is 2.19. The largest absolute Gasteiger partial charge is 0.335 e. The van der Waals surface area contributed by atoms with Crippen LogP contribution in [0.25, 0.3) is 0 Å². The van der Waals surface area contributed by atoms with E-state index in [0.717, 1.165) is 5.56 Å². The second kappa shape index (κ2) is 3.56. The van der Waals surface area contributed by atoms with E-state index in [2.05, 4.69) is 0 Å². The second-order valence-corrected chi connectivity index (χ2v) is 4.80. The van der Waals surface area contributed by atoms with Crippen LogP contribution in [-0.4, -0.2) is 29.4 Å². The molecule has 1 aliphatic rings. The van der Waals surface area contributed by atoms with Crippen LogP contribution in [0.2, 0.25) is 0 Å². The van der Waals surface area contributed by atoms with E-state index < -0.39 is 5.82 Å². The van der Waals surface area contributed by atoms with Crippen molar-refractivity contribution in [3.8, 4) is 0 Å². The van der Waals surface area contributed by atoms with E-state index in [1.54, 1.807) is 17.0 Å². The van der Waals surface area contributed by atoms with Crippen LogP contribution >= 0.6 is 0 Å². The zero-order valence-corrected chi connectivity index (χ0v) is 9.46. The van der Waals surface area contributed by atoms with Crippen LogP contribution < -0.4 is 5.73 Å². The molecule has 0 atom stereocenters. The zero-order valence-electron chi connectivity index (χ0n) is 9.46. The third-order valence-corrected chi connectivity index (χ3v) is 2.74. The molecule has 1 heterocycles. The van der Waals surface area contributed by atoms with E-state index >= 15 is 0 Å². The number of halogens is 1. The van der Waals surface area contributed by atoms with Gasteiger partial charge < -0.3 is 10.6 Å². The van der Waals surface area contributed by atoms with Crippen molar-refractivity contribution in [3.63, 3.8) is 0 Å². The van der Waals surface area contributed by atoms with Gasteiger partial charge in [0, 0.05) is 18.6 Å². The van der Waals surface area contributed by atoms with Gasteiger partial charge in [-0.15, -0.1) is 0 Å². The van der Waals surface area contributed by atoms with Gasteiger partial charge in [-0.1, -0.05) is 11.6 Å². The maximum atomic E-state index is 13.5. The first-order chi connectivity index (χ1) is 7.39. The molecule has 1 saturated heterocycles. The second-order valence-electron chi connectivity index (χ2n) is 4.80. The van der Waals surface area contributed by atoms with Crippen LogP contribution in [0.4, 0.5) is 4.39 Å². The molecular formula is C12H15FN2O. The molecule has 1 fully saturated rings. The summed E-state index contributed by atoms with van der Waals surface area (Å²) in [6.07, 6.45) is 0. The predicted octanol–water partition coefficient (Wildman–Crippen LogP) is 1.31. The van der Waals surface area contributed by atoms with Crippen LogP contribution in [0.5, 0.6) is 0 Å². The molecule has 86 valence electrons. The maximum Gasteiger partial charge on any atom is 0.256 e. The lowest BCUT2D eigenvalue weighted by Crippen LogP contribution is -2.66. The van der Waals surface area contributed by atoms with Gasteiger partial charge >= 0.3 is 0 Å². The summed E-state index contributed by atoms with van der Waals surface area (Å²) in [7, 11) is 0. The number of hydrogen-bond acceptors (Lipinski definition) is 2. The number of amides is 1. The molecule has 4 heteroatoms. The Bertz CT molecular complexity index is 435. The van der Waals surface area contributed by atoms with Gasteiger partial charge in [-0.3, -0.25) is 4.79 Å². The molecule has 3 nitrogen and oxygen atoms in total. The van der Waals surface area contributed by atoms with Crippen molar-refractivity contribution in [3.05, 3.63) is 35.1 Å². The third-order valence-electron chi connectivity index (χ3n) is 2.74. The number of likely N-dealkylation sites (tertiary alicyclic amines) is 1. The van der Waals surface area contributed by atoms with Crippen LogP contribution in [0.1, 0.15) is 22.8 Å². The average molecular weight is 222 g/mol. The minimum absolute atomic E-state index is 0.135. The number of nitrogens with zero attached hydrogens (tertiary/aromatic N) is 1. The summed E-state index contributed by atoms with van der Waals surface area (Å²) in [5.41, 5.74) is 6.50. The quantitative estimate of drug-likeness (QED) is 0.778. The summed E-state index contributed by atoms with van der Waals surface area (Å²) in [5.74, 6) is -0.745. The summed E-state index contributed by atoms with van der Waals surface area (Å²) in [6.45, 7) is 4.68. The van der Waals surface area contributed by atoms with Crippen molar-refractivity contribution in [1.82, 2.24) is 4.90 Å². The Hall–Kier alpha value is -1.42. The highest BCUT2D eigenvalue weighted by atomic mass is 19.1. The van der Waals surface area contributed by atoms with E-state index in [1.807, 2.05) is 13.8 Å². The number of nitrogens with two attached hydrogens (primary N) is 1. The van der Waals surface area contributed by atoms with Gasteiger partial charge in [0.15, 0.2) is 0 Å². The molecule has 0 radical (unpaired) electrons. The van der Waals surface area contributed by atoms with E-state index in [0.29, 0.717) is 13.1 Å². The van der Waals surface area contributed by atoms with Crippen LogP contribution in [-0.2, 0) is 0 Å². The van der Waals surface area contributed by atoms with E-state index in [1.165, 1.54) is 6.07 Å². The molecule has 0 bridgehead atoms. The number of carbonyl (C=O) groups excluding carboxylic acids is 1. The Labute approximate surface area is 94.0 Å². The van der Waals surface area contributed by atoms with Crippen molar-refractivity contribution in [1.29, 1.82) is 0 Å². The summed E-state index contributed by atoms with van der Waals surface area (Å²) < 4.78 is 13.5. The van der Waals surface area contributed by atoms with Crippen molar-refractivity contribution in [2.24, 2.45) is 5.73 Å². The first-order valence-corrected chi connectivity index (χ1v) is 5.23. The molecule has 1 aliphatic heterocycles. The summed E-state index contributed by atoms with van der Waals surface area (Å²) in [6, 6.07) is 4.54. The molecule has 0 spiro atoms. The van der Waals surface area contributed by atoms with Crippen molar-refractivity contribution >= 4 is 5.91 Å². The molecule has 0 aromatic heterocycles. The lowest BCUT2D eigenvalue weighted by molar-refractivity contribution is 0.0449. The van der Waals surface area contributed by atoms with Gasteiger partial charge in [-0.05, 0) is 26.0 Å². The van der Waals surface area contributed by atoms with Crippen molar-refractivity contribution in [2.45, 2.75) is 19.4 Å². The third kappa shape index (κ3) is 1.93. The molecule has 16 heavy (non-hydrogen) atoms. The van der Waals surface area contributed by atoms with Gasteiger partial charge in [-0.2, -0.15) is 0 Å². The minimum Gasteiger partial charge on any atom is -0.335 e. The summed E-state index contributed by atoms with van der Waals surface area (Å²) in [4.78, 5) is 13.5. The smallest absolute Gasteiger partial charge is 0.256 e. The Morgan fingerprint density at radius 3 is 2.69 bits per heavy atom. The Morgan fingerprint density at radius 1 is 1.50 bits per heavy atom. The SMILES string of the molecule is Cc1ccc(F)c(C(=O)N2CC(C)(N)C2)c1. The lowest BCUT2D eigenvalue weighted by atomic mass is 9.92. The molecule has 1 aromatic rings. The number of hydrogen-bond donors (Lipinski definition) is 1. The van der Waals surface area contributed by atoms with Gasteiger partial charge in [0.25, 0.3) is 5.91 Å². The number of benzene rings is 1. The van der Waals surface area contributed by atoms with Crippen LogP contribution in [0, 0.1) is 12.7 Å². The van der Waals surface area contributed by atoms with Gasteiger partial charge in [0.05, 0.1) is 5.56 Å². The minimum atomic E-state index is -0.471. The highest BCUT2D eigenvalue weighted by Gasteiger charge is 2.38. The molecule has 0 unspecified atom stereocenters. The molecular weight excluding hydrogens is 207 g/mol. The maximum absolute atomic E-state index is 13.5. The van der Waals surface area contributed by atoms with Gasteiger partial charge in [0.2, 0.25) is 0 Å². The molecule has 2 N–H and O–H groups in total. The van der Waals surface area contributed by atoms with Crippen LogP contribution in [0.15, 0.2) is 18.2 Å². The van der Waals surface area contributed by atoms with Crippen molar-refractivity contribution < 1.29 is 9.18 Å². The number of rotatable bonds is 1. The van der Waals surface area contributed by atoms with E-state index in [-0.39, 0.29) is 17.0 Å². The van der Waals surface area contributed by atoms with Crippen LogP contribution in [0.3, 0.4) is 0 Å².